The highest BCUT2D eigenvalue weighted by atomic mass is 16.2. The number of fused-ring (bicyclic) bond motifs is 1. The molecule has 1 aromatic carbocycles. The molecule has 8 heteroatoms. The van der Waals surface area contributed by atoms with Gasteiger partial charge in [-0.15, -0.1) is 5.10 Å². The van der Waals surface area contributed by atoms with Gasteiger partial charge in [0.25, 0.3) is 5.56 Å². The molecule has 0 aliphatic heterocycles. The molecule has 0 aliphatic carbocycles. The van der Waals surface area contributed by atoms with Crippen LogP contribution in [0.5, 0.6) is 0 Å². The third-order valence-electron chi connectivity index (χ3n) is 3.62. The number of nitrogens with one attached hydrogen (secondary N) is 1. The number of anilines is 1. The second kappa shape index (κ2) is 5.64. The number of aromatic nitrogens is 5. The van der Waals surface area contributed by atoms with Gasteiger partial charge in [0, 0.05) is 12.7 Å². The Morgan fingerprint density at radius 1 is 1.17 bits per heavy atom. The van der Waals surface area contributed by atoms with Crippen LogP contribution in [-0.2, 0) is 18.4 Å². The van der Waals surface area contributed by atoms with E-state index in [9.17, 15) is 9.59 Å². The molecule has 1 N–H and O–H groups in total. The van der Waals surface area contributed by atoms with Gasteiger partial charge < -0.3 is 5.32 Å². The summed E-state index contributed by atoms with van der Waals surface area (Å²) in [6, 6.07) is 7.38. The molecule has 3 aromatic rings. The van der Waals surface area contributed by atoms with E-state index in [2.05, 4.69) is 20.7 Å². The van der Waals surface area contributed by atoms with Gasteiger partial charge in [0.05, 0.1) is 5.69 Å². The third kappa shape index (κ3) is 2.83. The molecule has 0 bridgehead atoms. The van der Waals surface area contributed by atoms with Crippen LogP contribution in [-0.4, -0.2) is 30.7 Å². The van der Waals surface area contributed by atoms with Crippen LogP contribution in [0.3, 0.4) is 0 Å². The number of hydrogen-bond donors (Lipinski definition) is 1. The molecule has 0 spiro atoms. The van der Waals surface area contributed by atoms with Crippen molar-refractivity contribution < 1.29 is 4.79 Å². The number of carbonyl (C=O) groups excluding carboxylic acids is 1. The molecule has 1 amide bonds. The lowest BCUT2D eigenvalue weighted by Crippen LogP contribution is -2.30. The summed E-state index contributed by atoms with van der Waals surface area (Å²) in [5.41, 5.74) is 2.74. The van der Waals surface area contributed by atoms with Crippen molar-refractivity contribution in [1.82, 2.24) is 24.8 Å². The molecule has 8 nitrogen and oxygen atoms in total. The molecule has 0 saturated heterocycles. The van der Waals surface area contributed by atoms with E-state index in [0.29, 0.717) is 11.2 Å². The molecule has 0 aliphatic rings. The van der Waals surface area contributed by atoms with Crippen LogP contribution in [0.1, 0.15) is 11.3 Å². The van der Waals surface area contributed by atoms with Gasteiger partial charge in [0.15, 0.2) is 5.52 Å². The van der Waals surface area contributed by atoms with Crippen LogP contribution in [0.4, 0.5) is 5.69 Å². The Morgan fingerprint density at radius 2 is 1.87 bits per heavy atom. The van der Waals surface area contributed by atoms with Crippen LogP contribution < -0.4 is 10.9 Å². The maximum Gasteiger partial charge on any atom is 0.298 e. The predicted octanol–water partition coefficient (Wildman–Crippen LogP) is 0.781. The minimum Gasteiger partial charge on any atom is -0.324 e. The molecule has 2 heterocycles. The van der Waals surface area contributed by atoms with Crippen LogP contribution in [0, 0.1) is 13.8 Å². The van der Waals surface area contributed by atoms with Crippen molar-refractivity contribution in [2.24, 2.45) is 7.05 Å². The van der Waals surface area contributed by atoms with Gasteiger partial charge in [-0.1, -0.05) is 22.9 Å². The average molecular weight is 312 g/mol. The number of benzene rings is 1. The zero-order chi connectivity index (χ0) is 16.6. The Bertz CT molecular complexity index is 939. The lowest BCUT2D eigenvalue weighted by atomic mass is 10.2. The fourth-order valence-corrected chi connectivity index (χ4v) is 2.20. The number of aryl methyl sites for hydroxylation is 3. The van der Waals surface area contributed by atoms with Gasteiger partial charge in [0.2, 0.25) is 5.91 Å². The smallest absolute Gasteiger partial charge is 0.298 e. The molecule has 3 rings (SSSR count). The number of amides is 1. The van der Waals surface area contributed by atoms with Crippen molar-refractivity contribution in [3.63, 3.8) is 0 Å². The van der Waals surface area contributed by atoms with Gasteiger partial charge in [-0.2, -0.15) is 9.78 Å². The zero-order valence-corrected chi connectivity index (χ0v) is 13.1. The Kier molecular flexibility index (Phi) is 3.65. The molecule has 118 valence electrons. The predicted molar refractivity (Wildman–Crippen MR) is 85.1 cm³/mol. The van der Waals surface area contributed by atoms with Crippen molar-refractivity contribution >= 4 is 22.6 Å². The van der Waals surface area contributed by atoms with Crippen LogP contribution in [0.15, 0.2) is 29.1 Å². The molecule has 0 unspecified atom stereocenters. The molecule has 2 aromatic heterocycles. The van der Waals surface area contributed by atoms with Gasteiger partial charge in [-0.3, -0.25) is 14.3 Å². The van der Waals surface area contributed by atoms with Crippen molar-refractivity contribution in [3.05, 3.63) is 45.9 Å². The molecule has 0 atom stereocenters. The fourth-order valence-electron chi connectivity index (χ4n) is 2.20. The summed E-state index contributed by atoms with van der Waals surface area (Å²) in [5, 5.41) is 14.6. The monoisotopic (exact) mass is 312 g/mol. The SMILES string of the molecule is Cc1ccc(NC(=O)Cn2nnc3c(C)n(C)nc3c2=O)cc1. The average Bonchev–Trinajstić information content (AvgIpc) is 2.81. The third-order valence-corrected chi connectivity index (χ3v) is 3.62. The number of nitrogens with zero attached hydrogens (tertiary/aromatic N) is 5. The van der Waals surface area contributed by atoms with Gasteiger partial charge in [-0.05, 0) is 26.0 Å². The Labute approximate surface area is 131 Å². The van der Waals surface area contributed by atoms with Gasteiger partial charge >= 0.3 is 0 Å². The molecule has 0 saturated carbocycles. The molecule has 0 fully saturated rings. The summed E-state index contributed by atoms with van der Waals surface area (Å²) in [6.07, 6.45) is 0. The maximum atomic E-state index is 12.3. The molecular weight excluding hydrogens is 296 g/mol. The first-order valence-corrected chi connectivity index (χ1v) is 7.09. The highest BCUT2D eigenvalue weighted by Gasteiger charge is 2.15. The number of carbonyl (C=O) groups is 1. The normalized spacial score (nSPS) is 10.9. The van der Waals surface area contributed by atoms with Crippen molar-refractivity contribution in [1.29, 1.82) is 0 Å². The van der Waals surface area contributed by atoms with Crippen molar-refractivity contribution in [2.75, 3.05) is 5.32 Å². The summed E-state index contributed by atoms with van der Waals surface area (Å²) in [7, 11) is 1.73. The van der Waals surface area contributed by atoms with Crippen molar-refractivity contribution in [2.45, 2.75) is 20.4 Å². The lowest BCUT2D eigenvalue weighted by Gasteiger charge is -2.06. The van der Waals surface area contributed by atoms with E-state index in [4.69, 9.17) is 0 Å². The minimum atomic E-state index is -0.433. The highest BCUT2D eigenvalue weighted by molar-refractivity contribution is 5.90. The van der Waals surface area contributed by atoms with E-state index >= 15 is 0 Å². The van der Waals surface area contributed by atoms with Crippen LogP contribution in [0.2, 0.25) is 0 Å². The van der Waals surface area contributed by atoms with Crippen molar-refractivity contribution in [3.8, 4) is 0 Å². The summed E-state index contributed by atoms with van der Waals surface area (Å²) >= 11 is 0. The highest BCUT2D eigenvalue weighted by Crippen LogP contribution is 2.10. The van der Waals surface area contributed by atoms with Gasteiger partial charge in [0.1, 0.15) is 12.1 Å². The topological polar surface area (TPSA) is 94.7 Å². The Hall–Kier alpha value is -3.03. The maximum absolute atomic E-state index is 12.3. The summed E-state index contributed by atoms with van der Waals surface area (Å²) in [4.78, 5) is 24.4. The first kappa shape index (κ1) is 14.9. The van der Waals surface area contributed by atoms with Crippen LogP contribution >= 0.6 is 0 Å². The molecule has 0 radical (unpaired) electrons. The fraction of sp³-hybridized carbons (Fsp3) is 0.267. The van der Waals surface area contributed by atoms with E-state index in [1.165, 1.54) is 0 Å². The Balaban J connectivity index is 1.83. The summed E-state index contributed by atoms with van der Waals surface area (Å²) < 4.78 is 2.58. The van der Waals surface area contributed by atoms with E-state index in [1.807, 2.05) is 19.1 Å². The van der Waals surface area contributed by atoms with Gasteiger partial charge in [-0.25, -0.2) is 0 Å². The second-order valence-electron chi connectivity index (χ2n) is 5.37. The quantitative estimate of drug-likeness (QED) is 0.771. The number of rotatable bonds is 3. The first-order chi connectivity index (χ1) is 11.0. The number of hydrogen-bond acceptors (Lipinski definition) is 5. The largest absolute Gasteiger partial charge is 0.324 e. The minimum absolute atomic E-state index is 0.211. The lowest BCUT2D eigenvalue weighted by molar-refractivity contribution is -0.117. The molecule has 23 heavy (non-hydrogen) atoms. The van der Waals surface area contributed by atoms with Crippen LogP contribution in [0.25, 0.3) is 11.0 Å². The Morgan fingerprint density at radius 3 is 2.57 bits per heavy atom. The van der Waals surface area contributed by atoms with E-state index < -0.39 is 5.56 Å². The van der Waals surface area contributed by atoms with E-state index in [1.54, 1.807) is 30.8 Å². The zero-order valence-electron chi connectivity index (χ0n) is 13.1. The molecular formula is C15H16N6O2. The summed E-state index contributed by atoms with van der Waals surface area (Å²) in [5.74, 6) is -0.350. The summed E-state index contributed by atoms with van der Waals surface area (Å²) in [6.45, 7) is 3.55. The first-order valence-electron chi connectivity index (χ1n) is 7.09. The second-order valence-corrected chi connectivity index (χ2v) is 5.37. The van der Waals surface area contributed by atoms with E-state index in [0.717, 1.165) is 15.9 Å². The standard InChI is InChI=1S/C15H16N6O2/c1-9-4-6-11(7-5-9)16-12(22)8-21-15(23)14-13(17-19-21)10(2)20(3)18-14/h4-7H,8H2,1-3H3,(H,16,22). The van der Waals surface area contributed by atoms with E-state index in [-0.39, 0.29) is 18.0 Å².